The van der Waals surface area contributed by atoms with Crippen LogP contribution in [-0.2, 0) is 25.3 Å². The van der Waals surface area contributed by atoms with Crippen LogP contribution in [0.3, 0.4) is 0 Å². The molecule has 0 bridgehead atoms. The molecule has 1 unspecified atom stereocenters. The lowest BCUT2D eigenvalue weighted by atomic mass is 9.98. The zero-order valence-electron chi connectivity index (χ0n) is 17.5. The minimum Gasteiger partial charge on any atom is -0.462 e. The smallest absolute Gasteiger partial charge is 0.338 e. The number of rotatable bonds is 7. The highest BCUT2D eigenvalue weighted by Crippen LogP contribution is 2.29. The standard InChI is InChI=1S/C22H24Cl2N2O5S/c1-2-31-22(28)15-8-10-17(11-9-15)25-21(27)16-5-4-12-26(13-16)32(29,30)14-18-19(23)6-3-7-20(18)24/h3,6-11,16H,2,4-5,12-14H2,1H3,(H,25,27). The van der Waals surface area contributed by atoms with E-state index in [1.807, 2.05) is 0 Å². The van der Waals surface area contributed by atoms with Crippen molar-refractivity contribution in [3.05, 3.63) is 63.6 Å². The lowest BCUT2D eigenvalue weighted by Crippen LogP contribution is -2.44. The van der Waals surface area contributed by atoms with Crippen molar-refractivity contribution in [2.45, 2.75) is 25.5 Å². The van der Waals surface area contributed by atoms with Crippen LogP contribution in [0.25, 0.3) is 0 Å². The third kappa shape index (κ3) is 6.01. The molecular weight excluding hydrogens is 475 g/mol. The maximum absolute atomic E-state index is 13.0. The van der Waals surface area contributed by atoms with Crippen molar-refractivity contribution in [2.75, 3.05) is 25.0 Å². The van der Waals surface area contributed by atoms with E-state index < -0.39 is 21.9 Å². The Kier molecular flexibility index (Phi) is 8.16. The highest BCUT2D eigenvalue weighted by atomic mass is 35.5. The highest BCUT2D eigenvalue weighted by Gasteiger charge is 2.33. The number of nitrogens with one attached hydrogen (secondary N) is 1. The van der Waals surface area contributed by atoms with Gasteiger partial charge in [0.25, 0.3) is 0 Å². The second-order valence-electron chi connectivity index (χ2n) is 7.44. The first-order valence-corrected chi connectivity index (χ1v) is 12.6. The van der Waals surface area contributed by atoms with Crippen LogP contribution in [0.5, 0.6) is 0 Å². The van der Waals surface area contributed by atoms with Crippen LogP contribution in [0.2, 0.25) is 10.0 Å². The Hall–Kier alpha value is -2.13. The summed E-state index contributed by atoms with van der Waals surface area (Å²) in [6, 6.07) is 11.2. The molecule has 10 heteroatoms. The van der Waals surface area contributed by atoms with Gasteiger partial charge in [-0.05, 0) is 56.2 Å². The van der Waals surface area contributed by atoms with E-state index in [0.717, 1.165) is 0 Å². The Morgan fingerprint density at radius 2 is 1.78 bits per heavy atom. The van der Waals surface area contributed by atoms with E-state index >= 15 is 0 Å². The van der Waals surface area contributed by atoms with Crippen molar-refractivity contribution in [1.82, 2.24) is 4.31 Å². The molecule has 2 aromatic rings. The molecule has 0 spiro atoms. The molecule has 1 fully saturated rings. The molecule has 0 aliphatic carbocycles. The van der Waals surface area contributed by atoms with E-state index in [-0.39, 0.29) is 24.8 Å². The first-order valence-electron chi connectivity index (χ1n) is 10.2. The van der Waals surface area contributed by atoms with E-state index in [1.54, 1.807) is 49.4 Å². The molecule has 1 atom stereocenters. The van der Waals surface area contributed by atoms with E-state index in [2.05, 4.69) is 5.32 Å². The van der Waals surface area contributed by atoms with Gasteiger partial charge in [0.2, 0.25) is 15.9 Å². The Labute approximate surface area is 197 Å². The van der Waals surface area contributed by atoms with Gasteiger partial charge in [-0.2, -0.15) is 0 Å². The molecule has 1 amide bonds. The van der Waals surface area contributed by atoms with Crippen LogP contribution in [0.1, 0.15) is 35.7 Å². The van der Waals surface area contributed by atoms with Gasteiger partial charge in [0.05, 0.1) is 23.8 Å². The molecule has 7 nitrogen and oxygen atoms in total. The predicted molar refractivity (Wildman–Crippen MR) is 124 cm³/mol. The van der Waals surface area contributed by atoms with Gasteiger partial charge in [0.1, 0.15) is 0 Å². The summed E-state index contributed by atoms with van der Waals surface area (Å²) in [6.45, 7) is 2.42. The number of carbonyl (C=O) groups excluding carboxylic acids is 2. The number of carbonyl (C=O) groups is 2. The third-order valence-electron chi connectivity index (χ3n) is 5.20. The number of amides is 1. The van der Waals surface area contributed by atoms with Gasteiger partial charge in [0.15, 0.2) is 0 Å². The molecule has 1 saturated heterocycles. The molecule has 1 aliphatic rings. The van der Waals surface area contributed by atoms with Gasteiger partial charge in [0, 0.05) is 34.4 Å². The largest absolute Gasteiger partial charge is 0.462 e. The SMILES string of the molecule is CCOC(=O)c1ccc(NC(=O)C2CCCN(S(=O)(=O)Cc3c(Cl)cccc3Cl)C2)cc1. The van der Waals surface area contributed by atoms with Gasteiger partial charge in [-0.3, -0.25) is 4.79 Å². The van der Waals surface area contributed by atoms with Gasteiger partial charge in [-0.25, -0.2) is 17.5 Å². The van der Waals surface area contributed by atoms with Crippen LogP contribution < -0.4 is 5.32 Å². The lowest BCUT2D eigenvalue weighted by molar-refractivity contribution is -0.120. The lowest BCUT2D eigenvalue weighted by Gasteiger charge is -2.31. The van der Waals surface area contributed by atoms with Crippen LogP contribution >= 0.6 is 23.2 Å². The van der Waals surface area contributed by atoms with Gasteiger partial charge < -0.3 is 10.1 Å². The zero-order chi connectivity index (χ0) is 23.3. The monoisotopic (exact) mass is 498 g/mol. The number of sulfonamides is 1. The number of ether oxygens (including phenoxy) is 1. The normalized spacial score (nSPS) is 17.0. The van der Waals surface area contributed by atoms with Crippen LogP contribution in [-0.4, -0.2) is 44.3 Å². The summed E-state index contributed by atoms with van der Waals surface area (Å²) < 4.78 is 32.2. The summed E-state index contributed by atoms with van der Waals surface area (Å²) in [7, 11) is -3.71. The van der Waals surface area contributed by atoms with E-state index in [0.29, 0.717) is 46.2 Å². The quantitative estimate of drug-likeness (QED) is 0.572. The van der Waals surface area contributed by atoms with Crippen molar-refractivity contribution in [1.29, 1.82) is 0 Å². The Morgan fingerprint density at radius 3 is 2.41 bits per heavy atom. The maximum atomic E-state index is 13.0. The number of benzene rings is 2. The maximum Gasteiger partial charge on any atom is 0.338 e. The Bertz CT molecular complexity index is 1070. The number of esters is 1. The number of hydrogen-bond donors (Lipinski definition) is 1. The zero-order valence-corrected chi connectivity index (χ0v) is 19.8. The molecule has 3 rings (SSSR count). The summed E-state index contributed by atoms with van der Waals surface area (Å²) in [5.74, 6) is -1.53. The molecule has 1 aliphatic heterocycles. The van der Waals surface area contributed by atoms with Crippen molar-refractivity contribution < 1.29 is 22.7 Å². The molecule has 0 saturated carbocycles. The van der Waals surface area contributed by atoms with Gasteiger partial charge >= 0.3 is 5.97 Å². The van der Waals surface area contributed by atoms with E-state index in [4.69, 9.17) is 27.9 Å². The summed E-state index contributed by atoms with van der Waals surface area (Å²) in [4.78, 5) is 24.5. The Balaban J connectivity index is 1.65. The molecule has 1 N–H and O–H groups in total. The fourth-order valence-electron chi connectivity index (χ4n) is 3.50. The minimum atomic E-state index is -3.71. The van der Waals surface area contributed by atoms with Gasteiger partial charge in [-0.1, -0.05) is 29.3 Å². The number of halogens is 2. The Morgan fingerprint density at radius 1 is 1.12 bits per heavy atom. The van der Waals surface area contributed by atoms with Crippen molar-refractivity contribution in [3.8, 4) is 0 Å². The van der Waals surface area contributed by atoms with Crippen molar-refractivity contribution in [2.24, 2.45) is 5.92 Å². The van der Waals surface area contributed by atoms with Crippen LogP contribution in [0.15, 0.2) is 42.5 Å². The average molecular weight is 499 g/mol. The fraction of sp³-hybridized carbons (Fsp3) is 0.364. The van der Waals surface area contributed by atoms with Crippen molar-refractivity contribution in [3.63, 3.8) is 0 Å². The molecular formula is C22H24Cl2N2O5S. The molecule has 172 valence electrons. The molecule has 0 radical (unpaired) electrons. The highest BCUT2D eigenvalue weighted by molar-refractivity contribution is 7.88. The fourth-order valence-corrected chi connectivity index (χ4v) is 5.86. The second-order valence-corrected chi connectivity index (χ2v) is 10.2. The van der Waals surface area contributed by atoms with Crippen molar-refractivity contribution >= 4 is 50.8 Å². The van der Waals surface area contributed by atoms with Crippen LogP contribution in [0.4, 0.5) is 5.69 Å². The summed E-state index contributed by atoms with van der Waals surface area (Å²) in [5.41, 5.74) is 1.26. The number of piperidine rings is 1. The van der Waals surface area contributed by atoms with Gasteiger partial charge in [-0.15, -0.1) is 0 Å². The third-order valence-corrected chi connectivity index (χ3v) is 7.68. The predicted octanol–water partition coefficient (Wildman–Crippen LogP) is 4.35. The molecule has 2 aromatic carbocycles. The molecule has 0 aromatic heterocycles. The van der Waals surface area contributed by atoms with Crippen LogP contribution in [0, 0.1) is 5.92 Å². The van der Waals surface area contributed by atoms with E-state index in [1.165, 1.54) is 4.31 Å². The number of anilines is 1. The number of nitrogens with zero attached hydrogens (tertiary/aromatic N) is 1. The summed E-state index contributed by atoms with van der Waals surface area (Å²) in [6.07, 6.45) is 1.14. The topological polar surface area (TPSA) is 92.8 Å². The minimum absolute atomic E-state index is 0.0805. The number of hydrogen-bond acceptors (Lipinski definition) is 5. The summed E-state index contributed by atoms with van der Waals surface area (Å²) in [5, 5.41) is 3.38. The first-order chi connectivity index (χ1) is 15.2. The summed E-state index contributed by atoms with van der Waals surface area (Å²) >= 11 is 12.3. The molecule has 32 heavy (non-hydrogen) atoms. The molecule has 1 heterocycles. The van der Waals surface area contributed by atoms with E-state index in [9.17, 15) is 18.0 Å². The first kappa shape index (κ1) is 24.5. The average Bonchev–Trinajstić information content (AvgIpc) is 2.77. The second kappa shape index (κ2) is 10.7.